The third kappa shape index (κ3) is 3.45. The Morgan fingerprint density at radius 3 is 2.58 bits per heavy atom. The van der Waals surface area contributed by atoms with Crippen molar-refractivity contribution in [3.05, 3.63) is 28.8 Å². The maximum atomic E-state index is 12.5. The third-order valence-corrected chi connectivity index (χ3v) is 5.10. The van der Waals surface area contributed by atoms with Gasteiger partial charge in [-0.25, -0.2) is 8.42 Å². The molecule has 5 nitrogen and oxygen atoms in total. The van der Waals surface area contributed by atoms with Gasteiger partial charge in [0.1, 0.15) is 4.90 Å². The van der Waals surface area contributed by atoms with Crippen molar-refractivity contribution in [3.63, 3.8) is 0 Å². The Morgan fingerprint density at radius 1 is 1.47 bits per heavy atom. The van der Waals surface area contributed by atoms with Crippen LogP contribution in [0.3, 0.4) is 0 Å². The first-order valence-electron chi connectivity index (χ1n) is 5.67. The van der Waals surface area contributed by atoms with Gasteiger partial charge < -0.3 is 5.11 Å². The summed E-state index contributed by atoms with van der Waals surface area (Å²) in [5, 5.41) is 17.9. The van der Waals surface area contributed by atoms with Crippen molar-refractivity contribution in [1.82, 2.24) is 4.31 Å². The predicted octanol–water partition coefficient (Wildman–Crippen LogP) is 1.60. The lowest BCUT2D eigenvalue weighted by Crippen LogP contribution is -2.39. The van der Waals surface area contributed by atoms with Crippen LogP contribution in [0.15, 0.2) is 23.1 Å². The highest BCUT2D eigenvalue weighted by molar-refractivity contribution is 7.89. The fraction of sp³-hybridized carbons (Fsp3) is 0.417. The van der Waals surface area contributed by atoms with E-state index in [0.717, 1.165) is 4.31 Å². The Bertz CT molecular complexity index is 593. The summed E-state index contributed by atoms with van der Waals surface area (Å²) in [5.74, 6) is 0. The van der Waals surface area contributed by atoms with E-state index in [1.165, 1.54) is 18.2 Å². The van der Waals surface area contributed by atoms with Crippen LogP contribution < -0.4 is 0 Å². The van der Waals surface area contributed by atoms with Crippen LogP contribution in [-0.4, -0.2) is 37.0 Å². The molecule has 0 unspecified atom stereocenters. The lowest BCUT2D eigenvalue weighted by molar-refractivity contribution is 0.236. The first kappa shape index (κ1) is 15.9. The smallest absolute Gasteiger partial charge is 0.244 e. The van der Waals surface area contributed by atoms with Gasteiger partial charge >= 0.3 is 0 Å². The lowest BCUT2D eigenvalue weighted by Gasteiger charge is -2.25. The van der Waals surface area contributed by atoms with Crippen LogP contribution in [0.1, 0.15) is 19.4 Å². The first-order chi connectivity index (χ1) is 8.84. The molecule has 0 atom stereocenters. The maximum Gasteiger partial charge on any atom is 0.244 e. The van der Waals surface area contributed by atoms with E-state index in [2.05, 4.69) is 0 Å². The predicted molar refractivity (Wildman–Crippen MR) is 72.3 cm³/mol. The Labute approximate surface area is 118 Å². The fourth-order valence-corrected chi connectivity index (χ4v) is 3.78. The molecule has 1 aromatic rings. The lowest BCUT2D eigenvalue weighted by atomic mass is 10.2. The van der Waals surface area contributed by atoms with Gasteiger partial charge in [-0.15, -0.1) is 0 Å². The number of benzene rings is 1. The molecule has 0 aromatic heterocycles. The van der Waals surface area contributed by atoms with Crippen molar-refractivity contribution < 1.29 is 13.5 Å². The highest BCUT2D eigenvalue weighted by Crippen LogP contribution is 2.26. The van der Waals surface area contributed by atoms with Crippen LogP contribution in [0.5, 0.6) is 0 Å². The van der Waals surface area contributed by atoms with Crippen molar-refractivity contribution >= 4 is 21.6 Å². The van der Waals surface area contributed by atoms with Gasteiger partial charge in [0.15, 0.2) is 0 Å². The molecule has 0 aliphatic carbocycles. The average molecular weight is 303 g/mol. The molecule has 1 N–H and O–H groups in total. The van der Waals surface area contributed by atoms with Crippen molar-refractivity contribution in [1.29, 1.82) is 5.26 Å². The Kier molecular flexibility index (Phi) is 5.32. The van der Waals surface area contributed by atoms with Gasteiger partial charge in [0.25, 0.3) is 0 Å². The SMILES string of the molecule is CC(C)N(CCO)S(=O)(=O)c1cc(C#N)ccc1Cl. The average Bonchev–Trinajstić information content (AvgIpc) is 2.35. The van der Waals surface area contributed by atoms with Crippen LogP contribution in [0.4, 0.5) is 0 Å². The third-order valence-electron chi connectivity index (χ3n) is 2.54. The maximum absolute atomic E-state index is 12.5. The summed E-state index contributed by atoms with van der Waals surface area (Å²) in [6.45, 7) is 3.10. The minimum atomic E-state index is -3.84. The molecule has 1 rings (SSSR count). The summed E-state index contributed by atoms with van der Waals surface area (Å²) < 4.78 is 26.1. The molecular weight excluding hydrogens is 288 g/mol. The number of halogens is 1. The number of hydrogen-bond donors (Lipinski definition) is 1. The summed E-state index contributed by atoms with van der Waals surface area (Å²) in [7, 11) is -3.84. The van der Waals surface area contributed by atoms with E-state index in [1.54, 1.807) is 13.8 Å². The molecular formula is C12H15ClN2O3S. The molecule has 0 amide bonds. The van der Waals surface area contributed by atoms with Crippen molar-refractivity contribution in [2.75, 3.05) is 13.2 Å². The summed E-state index contributed by atoms with van der Waals surface area (Å²) in [6.07, 6.45) is 0. The van der Waals surface area contributed by atoms with E-state index in [9.17, 15) is 8.42 Å². The largest absolute Gasteiger partial charge is 0.395 e. The van der Waals surface area contributed by atoms with Gasteiger partial charge in [0.2, 0.25) is 10.0 Å². The number of rotatable bonds is 5. The molecule has 0 saturated heterocycles. The summed E-state index contributed by atoms with van der Waals surface area (Å²) in [4.78, 5) is -0.115. The molecule has 19 heavy (non-hydrogen) atoms. The molecule has 1 aromatic carbocycles. The molecule has 0 radical (unpaired) electrons. The van der Waals surface area contributed by atoms with Gasteiger partial charge in [-0.1, -0.05) is 11.6 Å². The molecule has 0 saturated carbocycles. The normalized spacial score (nSPS) is 11.8. The summed E-state index contributed by atoms with van der Waals surface area (Å²) in [5.41, 5.74) is 0.218. The van der Waals surface area contributed by atoms with Gasteiger partial charge in [0.05, 0.1) is 23.3 Å². The number of hydrogen-bond acceptors (Lipinski definition) is 4. The van der Waals surface area contributed by atoms with Gasteiger partial charge in [0, 0.05) is 12.6 Å². The standard InChI is InChI=1S/C12H15ClN2O3S/c1-9(2)15(5-6-16)19(17,18)12-7-10(8-14)3-4-11(12)13/h3-4,7,9,16H,5-6H2,1-2H3. The Balaban J connectivity index is 3.37. The number of aliphatic hydroxyl groups excluding tert-OH is 1. The Hall–Kier alpha value is -1.13. The van der Waals surface area contributed by atoms with Gasteiger partial charge in [-0.05, 0) is 32.0 Å². The number of nitriles is 1. The summed E-state index contributed by atoms with van der Waals surface area (Å²) in [6, 6.07) is 5.63. The van der Waals surface area contributed by atoms with Crippen LogP contribution >= 0.6 is 11.6 Å². The molecule has 0 heterocycles. The van der Waals surface area contributed by atoms with Gasteiger partial charge in [-0.2, -0.15) is 9.57 Å². The van der Waals surface area contributed by atoms with Crippen LogP contribution in [-0.2, 0) is 10.0 Å². The molecule has 0 fully saturated rings. The minimum Gasteiger partial charge on any atom is -0.395 e. The van der Waals surface area contributed by atoms with E-state index in [-0.39, 0.29) is 34.7 Å². The highest BCUT2D eigenvalue weighted by atomic mass is 35.5. The van der Waals surface area contributed by atoms with Crippen LogP contribution in [0.2, 0.25) is 5.02 Å². The van der Waals surface area contributed by atoms with Crippen LogP contribution in [0.25, 0.3) is 0 Å². The topological polar surface area (TPSA) is 81.4 Å². The quantitative estimate of drug-likeness (QED) is 0.896. The molecule has 0 spiro atoms. The van der Waals surface area contributed by atoms with E-state index in [0.29, 0.717) is 0 Å². The minimum absolute atomic E-state index is 0.0207. The van der Waals surface area contributed by atoms with E-state index in [1.807, 2.05) is 6.07 Å². The van der Waals surface area contributed by atoms with Crippen molar-refractivity contribution in [2.24, 2.45) is 0 Å². The molecule has 7 heteroatoms. The van der Waals surface area contributed by atoms with Gasteiger partial charge in [-0.3, -0.25) is 0 Å². The zero-order valence-electron chi connectivity index (χ0n) is 10.7. The summed E-state index contributed by atoms with van der Waals surface area (Å²) >= 11 is 5.91. The molecule has 0 bridgehead atoms. The highest BCUT2D eigenvalue weighted by Gasteiger charge is 2.28. The monoisotopic (exact) mass is 302 g/mol. The second-order valence-corrected chi connectivity index (χ2v) is 6.46. The van der Waals surface area contributed by atoms with E-state index in [4.69, 9.17) is 22.0 Å². The first-order valence-corrected chi connectivity index (χ1v) is 7.48. The van der Waals surface area contributed by atoms with E-state index < -0.39 is 10.0 Å². The molecule has 0 aliphatic heterocycles. The second-order valence-electron chi connectivity index (χ2n) is 4.19. The number of sulfonamides is 1. The fourth-order valence-electron chi connectivity index (χ4n) is 1.65. The zero-order chi connectivity index (χ0) is 14.6. The second kappa shape index (κ2) is 6.35. The van der Waals surface area contributed by atoms with Crippen LogP contribution in [0, 0.1) is 11.3 Å². The van der Waals surface area contributed by atoms with Crippen molar-refractivity contribution in [3.8, 4) is 6.07 Å². The number of aliphatic hydroxyl groups is 1. The number of nitrogens with zero attached hydrogens (tertiary/aromatic N) is 2. The zero-order valence-corrected chi connectivity index (χ0v) is 12.2. The molecule has 0 aliphatic rings. The van der Waals surface area contributed by atoms with E-state index >= 15 is 0 Å². The Morgan fingerprint density at radius 2 is 2.11 bits per heavy atom. The van der Waals surface area contributed by atoms with Crippen molar-refractivity contribution in [2.45, 2.75) is 24.8 Å². The molecule has 104 valence electrons.